The van der Waals surface area contributed by atoms with Crippen molar-refractivity contribution in [1.29, 1.82) is 0 Å². The van der Waals surface area contributed by atoms with Crippen LogP contribution in [-0.4, -0.2) is 44.3 Å². The number of aliphatic hydroxyl groups excluding tert-OH is 1. The van der Waals surface area contributed by atoms with Gasteiger partial charge in [0.1, 0.15) is 4.90 Å². The lowest BCUT2D eigenvalue weighted by atomic mass is 10.2. The summed E-state index contributed by atoms with van der Waals surface area (Å²) >= 11 is 0. The molecule has 0 spiro atoms. The monoisotopic (exact) mass is 314 g/mol. The van der Waals surface area contributed by atoms with Gasteiger partial charge in [0.05, 0.1) is 11.3 Å². The van der Waals surface area contributed by atoms with Gasteiger partial charge in [0, 0.05) is 19.7 Å². The minimum Gasteiger partial charge on any atom is -0.478 e. The minimum absolute atomic E-state index is 0.0665. The molecular weight excluding hydrogens is 296 g/mol. The average molecular weight is 314 g/mol. The predicted molar refractivity (Wildman–Crippen MR) is 79.0 cm³/mol. The fraction of sp³-hybridized carbons (Fsp3) is 0.308. The summed E-state index contributed by atoms with van der Waals surface area (Å²) < 4.78 is 26.7. The van der Waals surface area contributed by atoms with E-state index in [2.05, 4.69) is 16.6 Å². The first-order valence-corrected chi connectivity index (χ1v) is 7.73. The predicted octanol–water partition coefficient (Wildman–Crippen LogP) is 0.643. The van der Waals surface area contributed by atoms with Crippen LogP contribution in [0, 0.1) is 0 Å². The van der Waals surface area contributed by atoms with Crippen molar-refractivity contribution in [2.45, 2.75) is 11.3 Å². The Morgan fingerprint density at radius 3 is 2.67 bits per heavy atom. The van der Waals surface area contributed by atoms with Gasteiger partial charge in [-0.25, -0.2) is 17.9 Å². The maximum Gasteiger partial charge on any atom is 0.335 e. The highest BCUT2D eigenvalue weighted by Gasteiger charge is 2.20. The fourth-order valence-corrected chi connectivity index (χ4v) is 2.85. The number of anilines is 1. The smallest absolute Gasteiger partial charge is 0.335 e. The molecule has 0 aliphatic rings. The Morgan fingerprint density at radius 2 is 2.10 bits per heavy atom. The lowest BCUT2D eigenvalue weighted by Crippen LogP contribution is -2.26. The zero-order chi connectivity index (χ0) is 15.9. The van der Waals surface area contributed by atoms with Gasteiger partial charge < -0.3 is 15.5 Å². The number of rotatable bonds is 9. The summed E-state index contributed by atoms with van der Waals surface area (Å²) in [7, 11) is -3.87. The largest absolute Gasteiger partial charge is 0.478 e. The average Bonchev–Trinajstić information content (AvgIpc) is 2.45. The highest BCUT2D eigenvalue weighted by molar-refractivity contribution is 7.89. The molecule has 0 heterocycles. The third-order valence-corrected chi connectivity index (χ3v) is 4.08. The maximum atomic E-state index is 12.2. The third kappa shape index (κ3) is 4.85. The van der Waals surface area contributed by atoms with E-state index in [1.807, 2.05) is 0 Å². The number of hydrogen-bond acceptors (Lipinski definition) is 5. The summed E-state index contributed by atoms with van der Waals surface area (Å²) in [4.78, 5) is 10.8. The van der Waals surface area contributed by atoms with Crippen LogP contribution in [0.3, 0.4) is 0 Å². The topological polar surface area (TPSA) is 116 Å². The second kappa shape index (κ2) is 7.77. The molecule has 0 saturated heterocycles. The molecule has 0 aromatic heterocycles. The molecule has 4 N–H and O–H groups in total. The third-order valence-electron chi connectivity index (χ3n) is 2.58. The first kappa shape index (κ1) is 17.2. The number of aromatic carboxylic acids is 1. The van der Waals surface area contributed by atoms with E-state index in [1.165, 1.54) is 12.1 Å². The van der Waals surface area contributed by atoms with Gasteiger partial charge in [0.25, 0.3) is 0 Å². The van der Waals surface area contributed by atoms with E-state index >= 15 is 0 Å². The second-order valence-electron chi connectivity index (χ2n) is 4.16. The van der Waals surface area contributed by atoms with Crippen LogP contribution in [0.15, 0.2) is 35.7 Å². The van der Waals surface area contributed by atoms with E-state index in [9.17, 15) is 13.2 Å². The normalized spacial score (nSPS) is 11.1. The number of benzene rings is 1. The van der Waals surface area contributed by atoms with Gasteiger partial charge in [-0.1, -0.05) is 6.08 Å². The standard InChI is InChI=1S/C13H18N2O5S/c1-2-6-14-11-5-4-10(13(17)18)9-12(11)21(19,20)15-7-3-8-16/h2,4-5,9,14-16H,1,3,6-8H2,(H,17,18). The Kier molecular flexibility index (Phi) is 6.35. The van der Waals surface area contributed by atoms with E-state index in [4.69, 9.17) is 10.2 Å². The van der Waals surface area contributed by atoms with Gasteiger partial charge in [-0.2, -0.15) is 0 Å². The Balaban J connectivity index is 3.17. The number of carboxylic acid groups (broad SMARTS) is 1. The molecule has 0 bridgehead atoms. The Bertz CT molecular complexity index is 613. The Labute approximate surface area is 123 Å². The van der Waals surface area contributed by atoms with Crippen LogP contribution in [0.1, 0.15) is 16.8 Å². The first-order chi connectivity index (χ1) is 9.92. The van der Waals surface area contributed by atoms with Gasteiger partial charge in [-0.3, -0.25) is 0 Å². The molecule has 1 aromatic carbocycles. The van der Waals surface area contributed by atoms with E-state index in [0.717, 1.165) is 6.07 Å². The van der Waals surface area contributed by atoms with E-state index in [0.29, 0.717) is 6.54 Å². The fourth-order valence-electron chi connectivity index (χ4n) is 1.57. The number of carbonyl (C=O) groups is 1. The molecular formula is C13H18N2O5S. The van der Waals surface area contributed by atoms with E-state index in [-0.39, 0.29) is 35.7 Å². The zero-order valence-corrected chi connectivity index (χ0v) is 12.2. The molecule has 0 fully saturated rings. The molecule has 0 atom stereocenters. The van der Waals surface area contributed by atoms with Crippen LogP contribution in [-0.2, 0) is 10.0 Å². The SMILES string of the molecule is C=CCNc1ccc(C(=O)O)cc1S(=O)(=O)NCCCO. The van der Waals surface area contributed by atoms with Gasteiger partial charge in [-0.05, 0) is 24.6 Å². The summed E-state index contributed by atoms with van der Waals surface area (Å²) in [5, 5.41) is 20.5. The van der Waals surface area contributed by atoms with Crippen LogP contribution < -0.4 is 10.0 Å². The van der Waals surface area contributed by atoms with Crippen LogP contribution in [0.25, 0.3) is 0 Å². The molecule has 0 unspecified atom stereocenters. The number of hydrogen-bond donors (Lipinski definition) is 4. The molecule has 0 radical (unpaired) electrons. The van der Waals surface area contributed by atoms with Gasteiger partial charge in [-0.15, -0.1) is 6.58 Å². The zero-order valence-electron chi connectivity index (χ0n) is 11.4. The molecule has 0 amide bonds. The second-order valence-corrected chi connectivity index (χ2v) is 5.90. The molecule has 8 heteroatoms. The van der Waals surface area contributed by atoms with Crippen LogP contribution in [0.4, 0.5) is 5.69 Å². The molecule has 1 aromatic rings. The van der Waals surface area contributed by atoms with E-state index < -0.39 is 16.0 Å². The van der Waals surface area contributed by atoms with Gasteiger partial charge >= 0.3 is 5.97 Å². The number of aliphatic hydroxyl groups is 1. The molecule has 7 nitrogen and oxygen atoms in total. The quantitative estimate of drug-likeness (QED) is 0.393. The summed E-state index contributed by atoms with van der Waals surface area (Å²) in [6.45, 7) is 3.79. The van der Waals surface area contributed by atoms with Crippen molar-refractivity contribution in [2.75, 3.05) is 25.0 Å². The minimum atomic E-state index is -3.87. The summed E-state index contributed by atoms with van der Waals surface area (Å²) in [5.41, 5.74) is 0.165. The van der Waals surface area contributed by atoms with Crippen LogP contribution >= 0.6 is 0 Å². The summed E-state index contributed by atoms with van der Waals surface area (Å²) in [5.74, 6) is -1.21. The van der Waals surface area contributed by atoms with Crippen LogP contribution in [0.2, 0.25) is 0 Å². The Hall–Kier alpha value is -1.90. The lowest BCUT2D eigenvalue weighted by Gasteiger charge is -2.13. The molecule has 0 aliphatic carbocycles. The highest BCUT2D eigenvalue weighted by atomic mass is 32.2. The van der Waals surface area contributed by atoms with Crippen LogP contribution in [0.5, 0.6) is 0 Å². The molecule has 116 valence electrons. The van der Waals surface area contributed by atoms with Crippen molar-refractivity contribution in [3.8, 4) is 0 Å². The summed E-state index contributed by atoms with van der Waals surface area (Å²) in [6, 6.07) is 3.81. The molecule has 1 rings (SSSR count). The van der Waals surface area contributed by atoms with Crippen molar-refractivity contribution >= 4 is 21.7 Å². The van der Waals surface area contributed by atoms with E-state index in [1.54, 1.807) is 6.08 Å². The van der Waals surface area contributed by atoms with Crippen molar-refractivity contribution in [3.05, 3.63) is 36.4 Å². The van der Waals surface area contributed by atoms with Crippen molar-refractivity contribution < 1.29 is 23.4 Å². The lowest BCUT2D eigenvalue weighted by molar-refractivity contribution is 0.0696. The van der Waals surface area contributed by atoms with Crippen molar-refractivity contribution in [1.82, 2.24) is 4.72 Å². The first-order valence-electron chi connectivity index (χ1n) is 6.25. The highest BCUT2D eigenvalue weighted by Crippen LogP contribution is 2.23. The molecule has 21 heavy (non-hydrogen) atoms. The molecule has 0 aliphatic heterocycles. The summed E-state index contributed by atoms with van der Waals surface area (Å²) in [6.07, 6.45) is 1.83. The Morgan fingerprint density at radius 1 is 1.38 bits per heavy atom. The number of carboxylic acids is 1. The number of nitrogens with one attached hydrogen (secondary N) is 2. The van der Waals surface area contributed by atoms with Gasteiger partial charge in [0.2, 0.25) is 10.0 Å². The van der Waals surface area contributed by atoms with Gasteiger partial charge in [0.15, 0.2) is 0 Å². The number of sulfonamides is 1. The molecule has 0 saturated carbocycles. The van der Waals surface area contributed by atoms with Crippen molar-refractivity contribution in [3.63, 3.8) is 0 Å². The maximum absolute atomic E-state index is 12.2. The van der Waals surface area contributed by atoms with Crippen molar-refractivity contribution in [2.24, 2.45) is 0 Å².